The molecule has 2 heterocycles. The number of amides is 1. The summed E-state index contributed by atoms with van der Waals surface area (Å²) in [5, 5.41) is 17.3. The number of hydrogen-bond donors (Lipinski definition) is 2. The van der Waals surface area contributed by atoms with Crippen molar-refractivity contribution in [3.8, 4) is 6.07 Å². The molecule has 3 fully saturated rings. The molecule has 7 nitrogen and oxygen atoms in total. The highest BCUT2D eigenvalue weighted by Crippen LogP contribution is 2.50. The van der Waals surface area contributed by atoms with Gasteiger partial charge in [-0.3, -0.25) is 4.79 Å². The molecule has 3 aliphatic carbocycles. The molecule has 0 spiro atoms. The Morgan fingerprint density at radius 3 is 2.47 bits per heavy atom. The van der Waals surface area contributed by atoms with Gasteiger partial charge in [0.2, 0.25) is 17.8 Å². The Hall–Kier alpha value is -2.74. The average molecular weight is 507 g/mol. The molecule has 36 heavy (non-hydrogen) atoms. The summed E-state index contributed by atoms with van der Waals surface area (Å²) in [5.41, 5.74) is 7.24. The van der Waals surface area contributed by atoms with E-state index in [2.05, 4.69) is 21.5 Å². The second kappa shape index (κ2) is 8.98. The molecule has 0 saturated heterocycles. The van der Waals surface area contributed by atoms with Crippen LogP contribution in [-0.4, -0.2) is 32.4 Å². The lowest BCUT2D eigenvalue weighted by atomic mass is 9.63. The second-order valence-electron chi connectivity index (χ2n) is 10.9. The Balaban J connectivity index is 1.35. The first-order chi connectivity index (χ1) is 17.0. The SMILES string of the molecule is N#CC1(C(NC(=O)CC2CC(F)(F)C2)c2cnn3cc([C@@H](N)C4CCC(F)(F)CC4)nc3c2)CCC1. The number of carbonyl (C=O) groups is 1. The number of hydrogen-bond acceptors (Lipinski definition) is 5. The van der Waals surface area contributed by atoms with Crippen LogP contribution in [0.1, 0.15) is 87.5 Å². The topological polar surface area (TPSA) is 109 Å². The highest BCUT2D eigenvalue weighted by atomic mass is 19.3. The lowest BCUT2D eigenvalue weighted by Gasteiger charge is -2.43. The minimum Gasteiger partial charge on any atom is -0.348 e. The van der Waals surface area contributed by atoms with Gasteiger partial charge in [-0.05, 0) is 49.1 Å². The fraction of sp³-hybridized carbons (Fsp3) is 0.680. The first-order valence-corrected chi connectivity index (χ1v) is 12.6. The third-order valence-corrected chi connectivity index (χ3v) is 8.28. The maximum atomic E-state index is 13.6. The molecule has 0 aromatic carbocycles. The summed E-state index contributed by atoms with van der Waals surface area (Å²) >= 11 is 0. The highest BCUT2D eigenvalue weighted by molar-refractivity contribution is 5.77. The van der Waals surface area contributed by atoms with Gasteiger partial charge in [-0.1, -0.05) is 6.42 Å². The number of nitrogens with one attached hydrogen (secondary N) is 1. The van der Waals surface area contributed by atoms with Gasteiger partial charge < -0.3 is 11.1 Å². The summed E-state index contributed by atoms with van der Waals surface area (Å²) in [6.45, 7) is 0. The first-order valence-electron chi connectivity index (χ1n) is 12.6. The number of fused-ring (bicyclic) bond motifs is 1. The van der Waals surface area contributed by atoms with Crippen LogP contribution in [0.5, 0.6) is 0 Å². The molecule has 194 valence electrons. The molecule has 0 radical (unpaired) electrons. The van der Waals surface area contributed by atoms with E-state index in [9.17, 15) is 27.6 Å². The maximum absolute atomic E-state index is 13.6. The molecular formula is C25H30F4N6O. The van der Waals surface area contributed by atoms with Gasteiger partial charge in [0.05, 0.1) is 41.7 Å². The van der Waals surface area contributed by atoms with Crippen molar-refractivity contribution < 1.29 is 22.4 Å². The molecule has 0 bridgehead atoms. The monoisotopic (exact) mass is 506 g/mol. The van der Waals surface area contributed by atoms with Crippen molar-refractivity contribution in [2.45, 2.75) is 88.1 Å². The Morgan fingerprint density at radius 2 is 1.89 bits per heavy atom. The third kappa shape index (κ3) is 4.80. The largest absolute Gasteiger partial charge is 0.348 e. The van der Waals surface area contributed by atoms with Crippen molar-refractivity contribution in [1.82, 2.24) is 19.9 Å². The number of imidazole rings is 1. The van der Waals surface area contributed by atoms with Crippen LogP contribution in [0.4, 0.5) is 17.6 Å². The Kier molecular flexibility index (Phi) is 6.22. The van der Waals surface area contributed by atoms with Gasteiger partial charge in [0.25, 0.3) is 0 Å². The average Bonchev–Trinajstić information content (AvgIpc) is 3.20. The molecular weight excluding hydrogens is 476 g/mol. The van der Waals surface area contributed by atoms with E-state index in [0.717, 1.165) is 6.42 Å². The lowest BCUT2D eigenvalue weighted by molar-refractivity contribution is -0.135. The summed E-state index contributed by atoms with van der Waals surface area (Å²) < 4.78 is 55.0. The van der Waals surface area contributed by atoms with Crippen LogP contribution >= 0.6 is 0 Å². The Labute approximate surface area is 206 Å². The molecule has 5 rings (SSSR count). The number of carbonyl (C=O) groups excluding carboxylic acids is 1. The van der Waals surface area contributed by atoms with Crippen molar-refractivity contribution in [2.24, 2.45) is 23.0 Å². The van der Waals surface area contributed by atoms with Crippen molar-refractivity contribution in [1.29, 1.82) is 5.26 Å². The zero-order valence-corrected chi connectivity index (χ0v) is 19.9. The number of alkyl halides is 4. The zero-order valence-electron chi connectivity index (χ0n) is 19.9. The summed E-state index contributed by atoms with van der Waals surface area (Å²) in [5.74, 6) is -6.16. The minimum atomic E-state index is -2.70. The number of nitrogens with two attached hydrogens (primary N) is 1. The summed E-state index contributed by atoms with van der Waals surface area (Å²) in [4.78, 5) is 17.3. The molecule has 0 aliphatic heterocycles. The van der Waals surface area contributed by atoms with E-state index in [-0.39, 0.29) is 49.8 Å². The number of halogens is 4. The van der Waals surface area contributed by atoms with Crippen molar-refractivity contribution in [2.75, 3.05) is 0 Å². The van der Waals surface area contributed by atoms with E-state index in [4.69, 9.17) is 5.73 Å². The van der Waals surface area contributed by atoms with E-state index in [1.165, 1.54) is 0 Å². The van der Waals surface area contributed by atoms with Gasteiger partial charge in [-0.2, -0.15) is 10.4 Å². The first kappa shape index (κ1) is 24.9. The van der Waals surface area contributed by atoms with Crippen molar-refractivity contribution >= 4 is 11.6 Å². The van der Waals surface area contributed by atoms with Gasteiger partial charge in [-0.25, -0.2) is 27.1 Å². The predicted octanol–water partition coefficient (Wildman–Crippen LogP) is 4.84. The summed E-state index contributed by atoms with van der Waals surface area (Å²) in [6.07, 6.45) is 5.02. The number of rotatable bonds is 7. The van der Waals surface area contributed by atoms with E-state index >= 15 is 0 Å². The zero-order chi connectivity index (χ0) is 25.7. The van der Waals surface area contributed by atoms with Gasteiger partial charge >= 0.3 is 0 Å². The van der Waals surface area contributed by atoms with Crippen LogP contribution in [-0.2, 0) is 4.79 Å². The van der Waals surface area contributed by atoms with Crippen LogP contribution in [0.15, 0.2) is 18.5 Å². The van der Waals surface area contributed by atoms with Gasteiger partial charge in [0.1, 0.15) is 0 Å². The van der Waals surface area contributed by atoms with E-state index in [1.807, 2.05) is 0 Å². The number of nitriles is 1. The fourth-order valence-electron chi connectivity index (χ4n) is 5.87. The second-order valence-corrected chi connectivity index (χ2v) is 10.9. The van der Waals surface area contributed by atoms with Crippen LogP contribution in [0, 0.1) is 28.6 Å². The minimum absolute atomic E-state index is 0.00785. The molecule has 2 atom stereocenters. The maximum Gasteiger partial charge on any atom is 0.248 e. The number of nitrogens with zero attached hydrogens (tertiary/aromatic N) is 4. The quantitative estimate of drug-likeness (QED) is 0.523. The van der Waals surface area contributed by atoms with Crippen LogP contribution in [0.25, 0.3) is 5.65 Å². The van der Waals surface area contributed by atoms with Crippen LogP contribution < -0.4 is 11.1 Å². The summed E-state index contributed by atoms with van der Waals surface area (Å²) in [7, 11) is 0. The molecule has 11 heteroatoms. The number of aromatic nitrogens is 3. The smallest absolute Gasteiger partial charge is 0.248 e. The molecule has 2 aromatic rings. The van der Waals surface area contributed by atoms with Gasteiger partial charge in [0, 0.05) is 32.1 Å². The van der Waals surface area contributed by atoms with E-state index in [1.54, 1.807) is 23.0 Å². The molecule has 1 amide bonds. The predicted molar refractivity (Wildman–Crippen MR) is 122 cm³/mol. The molecule has 3 aliphatic rings. The van der Waals surface area contributed by atoms with E-state index in [0.29, 0.717) is 42.6 Å². The van der Waals surface area contributed by atoms with Crippen molar-refractivity contribution in [3.05, 3.63) is 29.7 Å². The molecule has 2 aromatic heterocycles. The summed E-state index contributed by atoms with van der Waals surface area (Å²) in [6, 6.07) is 2.97. The Bertz CT molecular complexity index is 1170. The van der Waals surface area contributed by atoms with Crippen LogP contribution in [0.2, 0.25) is 0 Å². The van der Waals surface area contributed by atoms with Crippen LogP contribution in [0.3, 0.4) is 0 Å². The van der Waals surface area contributed by atoms with Gasteiger partial charge in [0.15, 0.2) is 5.65 Å². The molecule has 3 saturated carbocycles. The van der Waals surface area contributed by atoms with E-state index < -0.39 is 29.3 Å². The van der Waals surface area contributed by atoms with Crippen molar-refractivity contribution in [3.63, 3.8) is 0 Å². The van der Waals surface area contributed by atoms with Gasteiger partial charge in [-0.15, -0.1) is 0 Å². The standard InChI is InChI=1S/C25H30F4N6O/c26-24(27)6-2-16(3-7-24)21(31)18-13-35-19(33-18)9-17(12-32-35)22(23(14-30)4-1-5-23)34-20(36)8-15-10-25(28,29)11-15/h9,12-13,15-16,21-22H,1-8,10-11,31H2,(H,34,36)/t21-,22?/m0/s1. The Morgan fingerprint density at radius 1 is 1.19 bits per heavy atom. The molecule has 3 N–H and O–H groups in total. The molecule has 1 unspecified atom stereocenters. The highest BCUT2D eigenvalue weighted by Gasteiger charge is 2.48. The normalized spacial score (nSPS) is 24.8. The third-order valence-electron chi connectivity index (χ3n) is 8.28. The fourth-order valence-corrected chi connectivity index (χ4v) is 5.87. The lowest BCUT2D eigenvalue weighted by Crippen LogP contribution is -2.46.